The Bertz CT molecular complexity index is 681. The molecule has 10 heteroatoms. The van der Waals surface area contributed by atoms with E-state index in [2.05, 4.69) is 20.4 Å². The third kappa shape index (κ3) is 2.32. The molecule has 0 aromatic carbocycles. The van der Waals surface area contributed by atoms with E-state index >= 15 is 0 Å². The first-order valence-corrected chi connectivity index (χ1v) is 7.92. The second kappa shape index (κ2) is 5.97. The Hall–Kier alpha value is -1.46. The Kier molecular flexibility index (Phi) is 4.19. The number of hydrogen-bond donors (Lipinski definition) is 4. The molecule has 1 fully saturated rings. The van der Waals surface area contributed by atoms with Crippen molar-refractivity contribution in [3.8, 4) is 0 Å². The van der Waals surface area contributed by atoms with Crippen LogP contribution in [0, 0.1) is 0 Å². The Balaban J connectivity index is 2.08. The van der Waals surface area contributed by atoms with Gasteiger partial charge in [0.2, 0.25) is 0 Å². The maximum absolute atomic E-state index is 10.1. The molecular weight excluding hydrogens is 310 g/mol. The number of aliphatic hydroxyl groups is 3. The molecule has 4 atom stereocenters. The van der Waals surface area contributed by atoms with Crippen LogP contribution in [-0.2, 0) is 4.74 Å². The Morgan fingerprint density at radius 3 is 2.73 bits per heavy atom. The first-order valence-electron chi connectivity index (χ1n) is 6.70. The number of fused-ring (bicyclic) bond motifs is 1. The summed E-state index contributed by atoms with van der Waals surface area (Å²) < 4.78 is 6.90. The molecule has 4 N–H and O–H groups in total. The van der Waals surface area contributed by atoms with E-state index in [4.69, 9.17) is 4.74 Å². The average molecular weight is 327 g/mol. The van der Waals surface area contributed by atoms with E-state index in [1.54, 1.807) is 13.2 Å². The minimum absolute atomic E-state index is 0.388. The van der Waals surface area contributed by atoms with Crippen LogP contribution in [0.3, 0.4) is 0 Å². The number of ether oxygens (including phenoxy) is 1. The van der Waals surface area contributed by atoms with Crippen LogP contribution >= 0.6 is 11.8 Å². The lowest BCUT2D eigenvalue weighted by Crippen LogP contribution is -2.33. The van der Waals surface area contributed by atoms with Crippen LogP contribution in [0.2, 0.25) is 0 Å². The zero-order valence-corrected chi connectivity index (χ0v) is 12.9. The first-order chi connectivity index (χ1) is 10.6. The average Bonchev–Trinajstić information content (AvgIpc) is 3.08. The van der Waals surface area contributed by atoms with Crippen molar-refractivity contribution in [3.63, 3.8) is 0 Å². The number of nitrogens with one attached hydrogen (secondary N) is 1. The zero-order valence-electron chi connectivity index (χ0n) is 12.0. The summed E-state index contributed by atoms with van der Waals surface area (Å²) in [6, 6.07) is 0. The summed E-state index contributed by atoms with van der Waals surface area (Å²) in [5.41, 5.74) is 0.485. The Morgan fingerprint density at radius 2 is 2.14 bits per heavy atom. The molecule has 0 aliphatic carbocycles. The topological polar surface area (TPSA) is 126 Å². The fourth-order valence-corrected chi connectivity index (χ4v) is 2.82. The monoisotopic (exact) mass is 327 g/mol. The summed E-state index contributed by atoms with van der Waals surface area (Å²) in [5, 5.41) is 37.6. The summed E-state index contributed by atoms with van der Waals surface area (Å²) in [4.78, 5) is 8.73. The van der Waals surface area contributed by atoms with Crippen LogP contribution in [0.4, 0.5) is 5.82 Å². The van der Waals surface area contributed by atoms with E-state index in [0.717, 1.165) is 0 Å². The molecule has 0 radical (unpaired) electrons. The van der Waals surface area contributed by atoms with Gasteiger partial charge in [-0.1, -0.05) is 11.8 Å². The molecule has 0 spiro atoms. The van der Waals surface area contributed by atoms with Gasteiger partial charge in [-0.15, -0.1) is 0 Å². The van der Waals surface area contributed by atoms with Crippen molar-refractivity contribution in [2.45, 2.75) is 29.7 Å². The number of hydrogen-bond acceptors (Lipinski definition) is 9. The van der Waals surface area contributed by atoms with Crippen molar-refractivity contribution in [3.05, 3.63) is 6.20 Å². The van der Waals surface area contributed by atoms with E-state index in [0.29, 0.717) is 22.0 Å². The largest absolute Gasteiger partial charge is 0.394 e. The van der Waals surface area contributed by atoms with E-state index in [-0.39, 0.29) is 6.61 Å². The molecule has 4 unspecified atom stereocenters. The van der Waals surface area contributed by atoms with Gasteiger partial charge in [0.05, 0.1) is 18.2 Å². The number of rotatable bonds is 4. The van der Waals surface area contributed by atoms with Gasteiger partial charge in [-0.05, 0) is 6.26 Å². The van der Waals surface area contributed by atoms with Crippen molar-refractivity contribution in [1.29, 1.82) is 0 Å². The van der Waals surface area contributed by atoms with E-state index in [1.165, 1.54) is 16.4 Å². The predicted octanol–water partition coefficient (Wildman–Crippen LogP) is -0.799. The van der Waals surface area contributed by atoms with Crippen LogP contribution in [0.15, 0.2) is 11.4 Å². The molecule has 1 saturated heterocycles. The predicted molar refractivity (Wildman–Crippen MR) is 79.7 cm³/mol. The summed E-state index contributed by atoms with van der Waals surface area (Å²) in [6.07, 6.45) is -0.733. The van der Waals surface area contributed by atoms with Crippen molar-refractivity contribution >= 4 is 28.6 Å². The van der Waals surface area contributed by atoms with Gasteiger partial charge in [0.1, 0.15) is 24.1 Å². The number of anilines is 1. The second-order valence-electron chi connectivity index (χ2n) is 4.86. The van der Waals surface area contributed by atoms with E-state index in [1.807, 2.05) is 6.26 Å². The number of aliphatic hydroxyl groups excluding tert-OH is 3. The molecule has 0 bridgehead atoms. The number of thioether (sulfide) groups is 1. The van der Waals surface area contributed by atoms with Crippen molar-refractivity contribution in [2.75, 3.05) is 25.2 Å². The van der Waals surface area contributed by atoms with Crippen LogP contribution < -0.4 is 5.32 Å². The molecule has 2 aromatic rings. The molecule has 2 aromatic heterocycles. The molecule has 0 amide bonds. The second-order valence-corrected chi connectivity index (χ2v) is 5.64. The third-order valence-electron chi connectivity index (χ3n) is 3.61. The summed E-state index contributed by atoms with van der Waals surface area (Å²) in [6.45, 7) is -0.388. The van der Waals surface area contributed by atoms with Crippen LogP contribution in [0.1, 0.15) is 6.23 Å². The van der Waals surface area contributed by atoms with Gasteiger partial charge in [-0.2, -0.15) is 5.10 Å². The van der Waals surface area contributed by atoms with Crippen molar-refractivity contribution in [1.82, 2.24) is 19.7 Å². The molecule has 1 aliphatic rings. The smallest absolute Gasteiger partial charge is 0.191 e. The highest BCUT2D eigenvalue weighted by molar-refractivity contribution is 7.98. The Labute approximate surface area is 130 Å². The summed E-state index contributed by atoms with van der Waals surface area (Å²) >= 11 is 1.38. The van der Waals surface area contributed by atoms with Gasteiger partial charge < -0.3 is 25.4 Å². The van der Waals surface area contributed by atoms with Gasteiger partial charge in [0, 0.05) is 7.05 Å². The fraction of sp³-hybridized carbons (Fsp3) is 0.583. The lowest BCUT2D eigenvalue weighted by Gasteiger charge is -2.16. The maximum atomic E-state index is 10.1. The lowest BCUT2D eigenvalue weighted by molar-refractivity contribution is -0.0566. The van der Waals surface area contributed by atoms with Gasteiger partial charge >= 0.3 is 0 Å². The van der Waals surface area contributed by atoms with Gasteiger partial charge in [-0.3, -0.25) is 0 Å². The quantitative estimate of drug-likeness (QED) is 0.422. The highest BCUT2D eigenvalue weighted by Gasteiger charge is 2.44. The van der Waals surface area contributed by atoms with Crippen LogP contribution in [-0.4, -0.2) is 73.3 Å². The summed E-state index contributed by atoms with van der Waals surface area (Å²) in [5.74, 6) is 0.618. The number of aromatic nitrogens is 4. The highest BCUT2D eigenvalue weighted by atomic mass is 32.2. The summed E-state index contributed by atoms with van der Waals surface area (Å²) in [7, 11) is 1.75. The third-order valence-corrected chi connectivity index (χ3v) is 4.16. The van der Waals surface area contributed by atoms with Crippen molar-refractivity contribution in [2.24, 2.45) is 0 Å². The zero-order chi connectivity index (χ0) is 15.9. The van der Waals surface area contributed by atoms with Gasteiger partial charge in [0.15, 0.2) is 17.0 Å². The molecule has 0 saturated carbocycles. The first kappa shape index (κ1) is 15.4. The fourth-order valence-electron chi connectivity index (χ4n) is 2.46. The number of nitrogens with zero attached hydrogens (tertiary/aromatic N) is 4. The maximum Gasteiger partial charge on any atom is 0.191 e. The molecule has 120 valence electrons. The van der Waals surface area contributed by atoms with Crippen molar-refractivity contribution < 1.29 is 20.1 Å². The van der Waals surface area contributed by atoms with Gasteiger partial charge in [0.25, 0.3) is 0 Å². The molecular formula is C12H17N5O4S. The minimum atomic E-state index is -1.20. The van der Waals surface area contributed by atoms with Crippen LogP contribution in [0.5, 0.6) is 0 Å². The van der Waals surface area contributed by atoms with E-state index < -0.39 is 24.5 Å². The van der Waals surface area contributed by atoms with Crippen LogP contribution in [0.25, 0.3) is 11.0 Å². The highest BCUT2D eigenvalue weighted by Crippen LogP contribution is 2.32. The van der Waals surface area contributed by atoms with Gasteiger partial charge in [-0.25, -0.2) is 14.6 Å². The standard InChI is InChI=1S/C12H17N5O4S/c1-13-9-5-3-14-17(10(5)16-12(15-9)22-2)11-8(20)7(19)6(4-18)21-11/h3,6-8,11,18-20H,4H2,1-2H3,(H,13,15,16). The molecule has 3 heterocycles. The lowest BCUT2D eigenvalue weighted by atomic mass is 10.1. The molecule has 3 rings (SSSR count). The van der Waals surface area contributed by atoms with E-state index in [9.17, 15) is 15.3 Å². The molecule has 22 heavy (non-hydrogen) atoms. The molecule has 9 nitrogen and oxygen atoms in total. The Morgan fingerprint density at radius 1 is 1.36 bits per heavy atom. The minimum Gasteiger partial charge on any atom is -0.394 e. The molecule has 1 aliphatic heterocycles. The normalized spacial score (nSPS) is 28.4. The SMILES string of the molecule is CNc1nc(SC)nc2c1cnn2C1OC(CO)C(O)C1O.